The number of benzene rings is 3. The van der Waals surface area contributed by atoms with Gasteiger partial charge in [0.15, 0.2) is 0 Å². The monoisotopic (exact) mass is 469 g/mol. The first kappa shape index (κ1) is 24.2. The van der Waals surface area contributed by atoms with Crippen molar-refractivity contribution in [2.75, 3.05) is 31.5 Å². The molecule has 1 aliphatic rings. The van der Waals surface area contributed by atoms with E-state index in [-0.39, 0.29) is 17.7 Å². The molecule has 180 valence electrons. The molecule has 0 aromatic heterocycles. The Labute approximate surface area is 206 Å². The van der Waals surface area contributed by atoms with Crippen molar-refractivity contribution in [3.05, 3.63) is 101 Å². The van der Waals surface area contributed by atoms with Gasteiger partial charge in [-0.25, -0.2) is 0 Å². The van der Waals surface area contributed by atoms with E-state index in [4.69, 9.17) is 0 Å². The highest BCUT2D eigenvalue weighted by molar-refractivity contribution is 6.05. The van der Waals surface area contributed by atoms with Crippen molar-refractivity contribution < 1.29 is 14.4 Å². The van der Waals surface area contributed by atoms with Crippen LogP contribution in [0.3, 0.4) is 0 Å². The van der Waals surface area contributed by atoms with Crippen LogP contribution in [0.4, 0.5) is 5.69 Å². The minimum absolute atomic E-state index is 0.0867. The summed E-state index contributed by atoms with van der Waals surface area (Å²) in [6.07, 6.45) is 2.23. The molecule has 3 aromatic carbocycles. The molecule has 1 saturated heterocycles. The fourth-order valence-corrected chi connectivity index (χ4v) is 4.26. The molecule has 3 aromatic rings. The molecule has 6 nitrogen and oxygen atoms in total. The number of nitrogens with one attached hydrogen (secondary N) is 1. The Hall–Kier alpha value is -3.93. The number of nitrogens with zero attached hydrogens (tertiary/aromatic N) is 2. The van der Waals surface area contributed by atoms with Crippen molar-refractivity contribution in [1.29, 1.82) is 0 Å². The van der Waals surface area contributed by atoms with Crippen LogP contribution >= 0.6 is 0 Å². The minimum Gasteiger partial charge on any atom is -0.339 e. The molecule has 0 radical (unpaired) electrons. The van der Waals surface area contributed by atoms with Crippen molar-refractivity contribution in [2.24, 2.45) is 0 Å². The summed E-state index contributed by atoms with van der Waals surface area (Å²) in [5.41, 5.74) is 3.84. The molecule has 0 atom stereocenters. The maximum atomic E-state index is 13.1. The lowest BCUT2D eigenvalue weighted by atomic mass is 10.1. The maximum absolute atomic E-state index is 13.1. The van der Waals surface area contributed by atoms with Crippen molar-refractivity contribution in [1.82, 2.24) is 9.80 Å². The van der Waals surface area contributed by atoms with Gasteiger partial charge in [-0.15, -0.1) is 0 Å². The second-order valence-corrected chi connectivity index (χ2v) is 8.86. The van der Waals surface area contributed by atoms with Gasteiger partial charge in [0.25, 0.3) is 11.8 Å². The summed E-state index contributed by atoms with van der Waals surface area (Å²) in [5.74, 6) is -0.150. The van der Waals surface area contributed by atoms with E-state index < -0.39 is 0 Å². The molecule has 35 heavy (non-hydrogen) atoms. The van der Waals surface area contributed by atoms with Crippen LogP contribution in [0.25, 0.3) is 0 Å². The normalized spacial score (nSPS) is 13.4. The van der Waals surface area contributed by atoms with Gasteiger partial charge in [-0.3, -0.25) is 14.4 Å². The number of anilines is 1. The van der Waals surface area contributed by atoms with Gasteiger partial charge in [-0.1, -0.05) is 54.6 Å². The zero-order valence-electron chi connectivity index (χ0n) is 20.1. The molecule has 6 heteroatoms. The summed E-state index contributed by atoms with van der Waals surface area (Å²) in [6, 6.07) is 24.6. The Balaban J connectivity index is 1.29. The summed E-state index contributed by atoms with van der Waals surface area (Å²) < 4.78 is 0. The number of amides is 3. The van der Waals surface area contributed by atoms with Gasteiger partial charge in [0, 0.05) is 49.4 Å². The molecule has 0 aliphatic carbocycles. The largest absolute Gasteiger partial charge is 0.339 e. The molecule has 0 saturated carbocycles. The van der Waals surface area contributed by atoms with Crippen LogP contribution in [0.5, 0.6) is 0 Å². The first-order valence-electron chi connectivity index (χ1n) is 12.1. The molecule has 0 spiro atoms. The van der Waals surface area contributed by atoms with Crippen molar-refractivity contribution >= 4 is 23.4 Å². The van der Waals surface area contributed by atoms with Crippen LogP contribution in [0.15, 0.2) is 78.9 Å². The second kappa shape index (κ2) is 11.5. The van der Waals surface area contributed by atoms with E-state index in [1.807, 2.05) is 54.3 Å². The molecule has 3 amide bonds. The standard InChI is InChI=1S/C29H31N3O3/c1-22-15-16-25(21-26(22)30-28(34)24-12-6-3-7-13-24)29(35)32-19-17-31(18-20-32)27(33)14-8-11-23-9-4-2-5-10-23/h2-7,9-10,12-13,15-16,21H,8,11,14,17-20H2,1H3,(H,30,34). The van der Waals surface area contributed by atoms with Crippen molar-refractivity contribution in [3.8, 4) is 0 Å². The van der Waals surface area contributed by atoms with E-state index >= 15 is 0 Å². The van der Waals surface area contributed by atoms with E-state index in [9.17, 15) is 14.4 Å². The van der Waals surface area contributed by atoms with Gasteiger partial charge in [-0.2, -0.15) is 0 Å². The number of piperazine rings is 1. The summed E-state index contributed by atoms with van der Waals surface area (Å²) in [6.45, 7) is 3.99. The number of aryl methyl sites for hydroxylation is 2. The number of carbonyl (C=O) groups excluding carboxylic acids is 3. The first-order chi connectivity index (χ1) is 17.0. The van der Waals surface area contributed by atoms with Gasteiger partial charge < -0.3 is 15.1 Å². The van der Waals surface area contributed by atoms with Crippen LogP contribution in [-0.4, -0.2) is 53.7 Å². The van der Waals surface area contributed by atoms with Crippen LogP contribution < -0.4 is 5.32 Å². The smallest absolute Gasteiger partial charge is 0.255 e. The van der Waals surface area contributed by atoms with Crippen molar-refractivity contribution in [3.63, 3.8) is 0 Å². The second-order valence-electron chi connectivity index (χ2n) is 8.86. The highest BCUT2D eigenvalue weighted by atomic mass is 16.2. The number of carbonyl (C=O) groups is 3. The highest BCUT2D eigenvalue weighted by Crippen LogP contribution is 2.20. The number of rotatable bonds is 7. The Kier molecular flexibility index (Phi) is 7.93. The Bertz CT molecular complexity index is 1170. The van der Waals surface area contributed by atoms with Crippen LogP contribution in [0.1, 0.15) is 44.7 Å². The third-order valence-electron chi connectivity index (χ3n) is 6.39. The SMILES string of the molecule is Cc1ccc(C(=O)N2CCN(C(=O)CCCc3ccccc3)CC2)cc1NC(=O)c1ccccc1. The topological polar surface area (TPSA) is 69.7 Å². The van der Waals surface area contributed by atoms with E-state index in [2.05, 4.69) is 17.4 Å². The fraction of sp³-hybridized carbons (Fsp3) is 0.276. The molecule has 0 unspecified atom stereocenters. The fourth-order valence-electron chi connectivity index (χ4n) is 4.26. The molecule has 0 bridgehead atoms. The average Bonchev–Trinajstić information content (AvgIpc) is 2.90. The van der Waals surface area contributed by atoms with Crippen molar-refractivity contribution in [2.45, 2.75) is 26.2 Å². The summed E-state index contributed by atoms with van der Waals surface area (Å²) in [7, 11) is 0. The predicted molar refractivity (Wildman–Crippen MR) is 137 cm³/mol. The third-order valence-corrected chi connectivity index (χ3v) is 6.39. The van der Waals surface area contributed by atoms with Crippen LogP contribution in [0.2, 0.25) is 0 Å². The highest BCUT2D eigenvalue weighted by Gasteiger charge is 2.25. The van der Waals surface area contributed by atoms with Gasteiger partial charge in [-0.05, 0) is 55.2 Å². The average molecular weight is 470 g/mol. The van der Waals surface area contributed by atoms with Crippen LogP contribution in [0, 0.1) is 6.92 Å². The number of hydrogen-bond donors (Lipinski definition) is 1. The Morgan fingerprint density at radius 3 is 2.09 bits per heavy atom. The lowest BCUT2D eigenvalue weighted by molar-refractivity contribution is -0.132. The van der Waals surface area contributed by atoms with E-state index in [0.29, 0.717) is 49.4 Å². The van der Waals surface area contributed by atoms with Gasteiger partial charge in [0.05, 0.1) is 0 Å². The zero-order valence-corrected chi connectivity index (χ0v) is 20.1. The van der Waals surface area contributed by atoms with Gasteiger partial charge in [0.1, 0.15) is 0 Å². The predicted octanol–water partition coefficient (Wildman–Crippen LogP) is 4.55. The molecule has 1 fully saturated rings. The molecule has 1 N–H and O–H groups in total. The Morgan fingerprint density at radius 1 is 0.771 bits per heavy atom. The van der Waals surface area contributed by atoms with Crippen LogP contribution in [-0.2, 0) is 11.2 Å². The summed E-state index contributed by atoms with van der Waals surface area (Å²) in [4.78, 5) is 41.9. The van der Waals surface area contributed by atoms with E-state index in [1.54, 1.807) is 29.2 Å². The molecule has 4 rings (SSSR count). The number of hydrogen-bond acceptors (Lipinski definition) is 3. The summed E-state index contributed by atoms with van der Waals surface area (Å²) in [5, 5.41) is 2.92. The lowest BCUT2D eigenvalue weighted by Crippen LogP contribution is -2.50. The quantitative estimate of drug-likeness (QED) is 0.552. The molecule has 1 heterocycles. The lowest BCUT2D eigenvalue weighted by Gasteiger charge is -2.35. The van der Waals surface area contributed by atoms with Gasteiger partial charge >= 0.3 is 0 Å². The Morgan fingerprint density at radius 2 is 1.40 bits per heavy atom. The molecular weight excluding hydrogens is 438 g/mol. The van der Waals surface area contributed by atoms with E-state index in [0.717, 1.165) is 18.4 Å². The molecular formula is C29H31N3O3. The van der Waals surface area contributed by atoms with E-state index in [1.165, 1.54) is 5.56 Å². The van der Waals surface area contributed by atoms with Gasteiger partial charge in [0.2, 0.25) is 5.91 Å². The minimum atomic E-state index is -0.210. The summed E-state index contributed by atoms with van der Waals surface area (Å²) >= 11 is 0. The zero-order chi connectivity index (χ0) is 24.6. The first-order valence-corrected chi connectivity index (χ1v) is 12.1. The third kappa shape index (κ3) is 6.35. The maximum Gasteiger partial charge on any atom is 0.255 e. The molecule has 1 aliphatic heterocycles.